The first-order valence-corrected chi connectivity index (χ1v) is 9.63. The number of primary sulfonamides is 1. The molecule has 0 aliphatic carbocycles. The third kappa shape index (κ3) is 5.33. The predicted molar refractivity (Wildman–Crippen MR) is 94.5 cm³/mol. The van der Waals surface area contributed by atoms with Crippen LogP contribution in [0.5, 0.6) is 0 Å². The monoisotopic (exact) mass is 423 g/mol. The van der Waals surface area contributed by atoms with Crippen molar-refractivity contribution in [2.75, 3.05) is 18.0 Å². The molecule has 3 heterocycles. The Balaban J connectivity index is 0.000000345. The lowest BCUT2D eigenvalue weighted by Gasteiger charge is -2.38. The molecule has 0 unspecified atom stereocenters. The zero-order chi connectivity index (χ0) is 21.3. The van der Waals surface area contributed by atoms with Crippen LogP contribution in [0, 0.1) is 0 Å². The van der Waals surface area contributed by atoms with Crippen molar-refractivity contribution >= 4 is 27.2 Å². The number of nitrogens with one attached hydrogen (secondary N) is 1. The number of hydrogen-bond donors (Lipinski definition) is 3. The number of nitrogens with two attached hydrogens (primary N) is 1. The van der Waals surface area contributed by atoms with E-state index >= 15 is 0 Å². The van der Waals surface area contributed by atoms with Crippen LogP contribution < -0.4 is 15.4 Å². The molecule has 9 nitrogen and oxygen atoms in total. The lowest BCUT2D eigenvalue weighted by Crippen LogP contribution is -2.54. The summed E-state index contributed by atoms with van der Waals surface area (Å²) in [6.45, 7) is 5.83. The number of aromatic nitrogens is 2. The quantitative estimate of drug-likeness (QED) is 0.651. The van der Waals surface area contributed by atoms with Crippen LogP contribution in [0.3, 0.4) is 0 Å². The molecule has 1 aliphatic rings. The van der Waals surface area contributed by atoms with E-state index in [0.717, 1.165) is 24.3 Å². The molecule has 156 valence electrons. The molecule has 0 bridgehead atoms. The van der Waals surface area contributed by atoms with Crippen LogP contribution in [0.15, 0.2) is 29.7 Å². The van der Waals surface area contributed by atoms with E-state index < -0.39 is 22.2 Å². The van der Waals surface area contributed by atoms with Crippen molar-refractivity contribution in [3.63, 3.8) is 0 Å². The van der Waals surface area contributed by atoms with E-state index in [1.807, 2.05) is 0 Å². The average Bonchev–Trinajstić information content (AvgIpc) is 3.00. The van der Waals surface area contributed by atoms with Gasteiger partial charge >= 0.3 is 12.1 Å². The molecule has 0 saturated carbocycles. The molecule has 0 spiro atoms. The van der Waals surface area contributed by atoms with Crippen LogP contribution in [-0.2, 0) is 14.8 Å². The zero-order valence-electron chi connectivity index (χ0n) is 15.0. The van der Waals surface area contributed by atoms with Gasteiger partial charge in [0.25, 0.3) is 0 Å². The van der Waals surface area contributed by atoms with Gasteiger partial charge in [-0.1, -0.05) is 0 Å². The Morgan fingerprint density at radius 1 is 1.32 bits per heavy atom. The Labute approximate surface area is 159 Å². The second kappa shape index (κ2) is 7.93. The predicted octanol–water partition coefficient (Wildman–Crippen LogP) is 0.802. The summed E-state index contributed by atoms with van der Waals surface area (Å²) >= 11 is 0. The van der Waals surface area contributed by atoms with Crippen molar-refractivity contribution in [3.05, 3.63) is 24.8 Å². The lowest BCUT2D eigenvalue weighted by molar-refractivity contribution is -0.192. The van der Waals surface area contributed by atoms with Crippen LogP contribution >= 0.6 is 0 Å². The maximum absolute atomic E-state index is 11.7. The van der Waals surface area contributed by atoms with E-state index in [1.54, 1.807) is 23.0 Å². The molecular formula is C15H20F3N5O4S. The molecule has 2 atom stereocenters. The Kier molecular flexibility index (Phi) is 6.21. The number of carboxylic acids is 1. The van der Waals surface area contributed by atoms with Crippen LogP contribution in [0.2, 0.25) is 0 Å². The van der Waals surface area contributed by atoms with E-state index in [9.17, 15) is 21.6 Å². The molecule has 3 rings (SSSR count). The number of piperazine rings is 1. The fourth-order valence-corrected chi connectivity index (χ4v) is 3.46. The number of alkyl halides is 3. The summed E-state index contributed by atoms with van der Waals surface area (Å²) in [6, 6.07) is 2.29. The largest absolute Gasteiger partial charge is 0.490 e. The molecule has 0 radical (unpaired) electrons. The summed E-state index contributed by atoms with van der Waals surface area (Å²) in [7, 11) is -3.75. The van der Waals surface area contributed by atoms with Crippen molar-refractivity contribution in [2.45, 2.75) is 37.0 Å². The third-order valence-corrected chi connectivity index (χ3v) is 4.82. The van der Waals surface area contributed by atoms with Gasteiger partial charge in [0.15, 0.2) is 0 Å². The summed E-state index contributed by atoms with van der Waals surface area (Å²) in [6.07, 6.45) is -0.265. The van der Waals surface area contributed by atoms with Gasteiger partial charge in [0.05, 0.1) is 23.7 Å². The number of fused-ring (bicyclic) bond motifs is 1. The van der Waals surface area contributed by atoms with Gasteiger partial charge in [-0.3, -0.25) is 0 Å². The Morgan fingerprint density at radius 2 is 1.86 bits per heavy atom. The number of hydrogen-bond acceptors (Lipinski definition) is 6. The molecule has 1 saturated heterocycles. The topological polar surface area (TPSA) is 130 Å². The number of rotatable bonds is 2. The smallest absolute Gasteiger partial charge is 0.475 e. The van der Waals surface area contributed by atoms with Crippen LogP contribution in [0.25, 0.3) is 5.52 Å². The fourth-order valence-electron chi connectivity index (χ4n) is 2.92. The Hall–Kier alpha value is -2.38. The number of nitrogens with zero attached hydrogens (tertiary/aromatic N) is 3. The highest BCUT2D eigenvalue weighted by Gasteiger charge is 2.38. The fraction of sp³-hybridized carbons (Fsp3) is 0.467. The zero-order valence-corrected chi connectivity index (χ0v) is 15.8. The van der Waals surface area contributed by atoms with Gasteiger partial charge in [0.1, 0.15) is 4.90 Å². The average molecular weight is 423 g/mol. The van der Waals surface area contributed by atoms with Crippen molar-refractivity contribution in [3.8, 4) is 0 Å². The minimum Gasteiger partial charge on any atom is -0.475 e. The normalized spacial score (nSPS) is 20.6. The van der Waals surface area contributed by atoms with Crippen molar-refractivity contribution < 1.29 is 31.5 Å². The highest BCUT2D eigenvalue weighted by atomic mass is 32.2. The first-order valence-electron chi connectivity index (χ1n) is 8.08. The molecule has 13 heteroatoms. The van der Waals surface area contributed by atoms with Gasteiger partial charge in [-0.05, 0) is 19.9 Å². The maximum Gasteiger partial charge on any atom is 0.490 e. The van der Waals surface area contributed by atoms with Gasteiger partial charge < -0.3 is 19.7 Å². The summed E-state index contributed by atoms with van der Waals surface area (Å²) in [5.74, 6) is -2.76. The third-order valence-electron chi connectivity index (χ3n) is 3.94. The van der Waals surface area contributed by atoms with Crippen molar-refractivity contribution in [1.29, 1.82) is 0 Å². The summed E-state index contributed by atoms with van der Waals surface area (Å²) in [5, 5.41) is 15.9. The van der Waals surface area contributed by atoms with Gasteiger partial charge in [0.2, 0.25) is 10.0 Å². The number of aliphatic carboxylic acids is 1. The van der Waals surface area contributed by atoms with Crippen LogP contribution in [0.1, 0.15) is 13.8 Å². The molecule has 0 amide bonds. The number of halogens is 3. The highest BCUT2D eigenvalue weighted by molar-refractivity contribution is 7.89. The first kappa shape index (κ1) is 21.9. The minimum atomic E-state index is -5.08. The summed E-state index contributed by atoms with van der Waals surface area (Å²) in [4.78, 5) is 15.3. The molecule has 0 aromatic carbocycles. The second-order valence-electron chi connectivity index (χ2n) is 6.47. The number of carbonyl (C=O) groups is 1. The van der Waals surface area contributed by atoms with E-state index in [-0.39, 0.29) is 4.90 Å². The SMILES string of the molecule is C[C@H]1CN(c2cc(S(N)(=O)=O)cn3cncc23)C[C@H](C)N1.O=C(O)C(F)(F)F. The number of anilines is 1. The van der Waals surface area contributed by atoms with Gasteiger partial charge in [-0.15, -0.1) is 0 Å². The van der Waals surface area contributed by atoms with Gasteiger partial charge in [0, 0.05) is 31.4 Å². The van der Waals surface area contributed by atoms with E-state index in [1.165, 1.54) is 6.20 Å². The van der Waals surface area contributed by atoms with Crippen LogP contribution in [0.4, 0.5) is 18.9 Å². The first-order chi connectivity index (χ1) is 12.8. The number of imidazole rings is 1. The standard InChI is InChI=1S/C13H19N5O2S.C2HF3O2/c1-9-5-17(6-10(2)16-9)12-3-11(21(14,19)20)7-18-8-15-4-13(12)18;3-2(4,5)1(6)7/h3-4,7-10,16H,5-6H2,1-2H3,(H2,14,19,20);(H,6,7)/t9-,10-;/m0./s1. The molecule has 28 heavy (non-hydrogen) atoms. The number of carboxylic acid groups (broad SMARTS) is 1. The molecule has 1 aliphatic heterocycles. The number of sulfonamides is 1. The summed E-state index contributed by atoms with van der Waals surface area (Å²) in [5.41, 5.74) is 1.72. The molecule has 2 aromatic rings. The Bertz CT molecular complexity index is 950. The van der Waals surface area contributed by atoms with E-state index in [4.69, 9.17) is 15.0 Å². The molecule has 1 fully saturated rings. The van der Waals surface area contributed by atoms with Crippen LogP contribution in [-0.4, -0.2) is 60.2 Å². The van der Waals surface area contributed by atoms with Crippen molar-refractivity contribution in [1.82, 2.24) is 14.7 Å². The lowest BCUT2D eigenvalue weighted by atomic mass is 10.1. The molecule has 2 aromatic heterocycles. The van der Waals surface area contributed by atoms with Gasteiger partial charge in [-0.25, -0.2) is 23.3 Å². The van der Waals surface area contributed by atoms with Crippen molar-refractivity contribution in [2.24, 2.45) is 5.14 Å². The van der Waals surface area contributed by atoms with E-state index in [0.29, 0.717) is 12.1 Å². The minimum absolute atomic E-state index is 0.0989. The van der Waals surface area contributed by atoms with Gasteiger partial charge in [-0.2, -0.15) is 13.2 Å². The Morgan fingerprint density at radius 3 is 2.32 bits per heavy atom. The van der Waals surface area contributed by atoms with E-state index in [2.05, 4.69) is 29.0 Å². The molecule has 4 N–H and O–H groups in total. The second-order valence-corrected chi connectivity index (χ2v) is 8.03. The maximum atomic E-state index is 11.7. The highest BCUT2D eigenvalue weighted by Crippen LogP contribution is 2.26. The molecular weight excluding hydrogens is 403 g/mol. The number of pyridine rings is 1. The summed E-state index contributed by atoms with van der Waals surface area (Å²) < 4.78 is 56.8.